The molecular weight excluding hydrogens is 392 g/mol. The van der Waals surface area contributed by atoms with Crippen molar-refractivity contribution in [2.24, 2.45) is 7.05 Å². The molecule has 0 atom stereocenters. The normalized spacial score (nSPS) is 14.5. The number of carboxylic acid groups (broad SMARTS) is 1. The highest BCUT2D eigenvalue weighted by Gasteiger charge is 2.33. The number of carboxylic acids is 1. The predicted octanol–water partition coefficient (Wildman–Crippen LogP) is 6.23. The Morgan fingerprint density at radius 1 is 1.10 bits per heavy atom. The summed E-state index contributed by atoms with van der Waals surface area (Å²) in [7, 11) is 1.99. The summed E-state index contributed by atoms with van der Waals surface area (Å²) in [5.41, 5.74) is 5.47. The van der Waals surface area contributed by atoms with Gasteiger partial charge in [-0.25, -0.2) is 0 Å². The Morgan fingerprint density at radius 2 is 1.83 bits per heavy atom. The second kappa shape index (κ2) is 6.88. The minimum absolute atomic E-state index is 0.661. The molecule has 0 aliphatic heterocycles. The van der Waals surface area contributed by atoms with Crippen LogP contribution in [0.4, 0.5) is 0 Å². The fourth-order valence-corrected chi connectivity index (χ4v) is 5.29. The number of pyridine rings is 1. The lowest BCUT2D eigenvalue weighted by molar-refractivity contribution is -0.138. The van der Waals surface area contributed by atoms with E-state index in [9.17, 15) is 9.90 Å². The first-order chi connectivity index (χ1) is 14.4. The summed E-state index contributed by atoms with van der Waals surface area (Å²) in [6.07, 6.45) is 4.32. The largest absolute Gasteiger partial charge is 0.480 e. The molecule has 2 aromatic heterocycles. The second-order valence-corrected chi connectivity index (χ2v) is 10.2. The molecule has 1 fully saturated rings. The first kappa shape index (κ1) is 19.2. The van der Waals surface area contributed by atoms with Crippen molar-refractivity contribution < 1.29 is 9.90 Å². The van der Waals surface area contributed by atoms with Gasteiger partial charge in [0.2, 0.25) is 0 Å². The van der Waals surface area contributed by atoms with Crippen LogP contribution in [0.3, 0.4) is 0 Å². The predicted molar refractivity (Wildman–Crippen MR) is 123 cm³/mol. The minimum atomic E-state index is -0.958. The van der Waals surface area contributed by atoms with Crippen LogP contribution in [0.1, 0.15) is 38.2 Å². The van der Waals surface area contributed by atoms with E-state index in [0.29, 0.717) is 5.92 Å². The summed E-state index contributed by atoms with van der Waals surface area (Å²) in [5.74, 6) is -0.167. The fourth-order valence-electron chi connectivity index (χ4n) is 4.18. The molecule has 0 spiro atoms. The molecule has 1 aliphatic rings. The number of benzene rings is 2. The van der Waals surface area contributed by atoms with E-state index < -0.39 is 10.7 Å². The van der Waals surface area contributed by atoms with E-state index in [1.807, 2.05) is 25.4 Å². The number of nitrogens with zero attached hydrogens (tertiary/aromatic N) is 2. The molecule has 2 aromatic carbocycles. The third-order valence-electron chi connectivity index (χ3n) is 6.01. The van der Waals surface area contributed by atoms with Crippen molar-refractivity contribution in [3.05, 3.63) is 60.3 Å². The topological polar surface area (TPSA) is 55.1 Å². The van der Waals surface area contributed by atoms with Gasteiger partial charge in [0.15, 0.2) is 0 Å². The highest BCUT2D eigenvalue weighted by molar-refractivity contribution is 8.01. The van der Waals surface area contributed by atoms with E-state index in [-0.39, 0.29) is 0 Å². The average Bonchev–Trinajstić information content (AvgIpc) is 3.54. The molecule has 30 heavy (non-hydrogen) atoms. The van der Waals surface area contributed by atoms with E-state index in [4.69, 9.17) is 4.98 Å². The van der Waals surface area contributed by atoms with Crippen molar-refractivity contribution in [3.8, 4) is 11.1 Å². The molecule has 5 rings (SSSR count). The smallest absolute Gasteiger partial charge is 0.319 e. The molecule has 0 unspecified atom stereocenters. The van der Waals surface area contributed by atoms with Crippen molar-refractivity contribution in [3.63, 3.8) is 0 Å². The molecule has 0 saturated heterocycles. The van der Waals surface area contributed by atoms with Crippen LogP contribution >= 0.6 is 11.8 Å². The number of aryl methyl sites for hydroxylation is 1. The van der Waals surface area contributed by atoms with Crippen LogP contribution in [0.15, 0.2) is 59.8 Å². The van der Waals surface area contributed by atoms with Crippen LogP contribution < -0.4 is 0 Å². The van der Waals surface area contributed by atoms with Crippen LogP contribution in [-0.4, -0.2) is 25.4 Å². The molecule has 5 heteroatoms. The van der Waals surface area contributed by atoms with Gasteiger partial charge in [0.1, 0.15) is 4.75 Å². The highest BCUT2D eigenvalue weighted by Crippen LogP contribution is 2.48. The van der Waals surface area contributed by atoms with Crippen molar-refractivity contribution in [2.75, 3.05) is 0 Å². The molecule has 4 nitrogen and oxygen atoms in total. The molecule has 1 aliphatic carbocycles. The van der Waals surface area contributed by atoms with Gasteiger partial charge in [-0.2, -0.15) is 0 Å². The number of rotatable bonds is 5. The summed E-state index contributed by atoms with van der Waals surface area (Å²) >= 11 is 1.38. The summed E-state index contributed by atoms with van der Waals surface area (Å²) in [6.45, 7) is 3.51. The maximum Gasteiger partial charge on any atom is 0.319 e. The summed E-state index contributed by atoms with van der Waals surface area (Å²) < 4.78 is 1.12. The van der Waals surface area contributed by atoms with Crippen molar-refractivity contribution in [2.45, 2.75) is 42.4 Å². The van der Waals surface area contributed by atoms with E-state index in [1.165, 1.54) is 40.9 Å². The molecule has 0 bridgehead atoms. The van der Waals surface area contributed by atoms with Gasteiger partial charge in [-0.05, 0) is 66.6 Å². The van der Waals surface area contributed by atoms with Crippen molar-refractivity contribution >= 4 is 39.5 Å². The number of thioether (sulfide) groups is 1. The minimum Gasteiger partial charge on any atom is -0.480 e. The van der Waals surface area contributed by atoms with Crippen molar-refractivity contribution in [1.82, 2.24) is 9.55 Å². The third kappa shape index (κ3) is 3.00. The lowest BCUT2D eigenvalue weighted by Gasteiger charge is -2.20. The zero-order valence-electron chi connectivity index (χ0n) is 17.3. The Labute approximate surface area is 179 Å². The first-order valence-corrected chi connectivity index (χ1v) is 11.1. The highest BCUT2D eigenvalue weighted by atomic mass is 32.2. The van der Waals surface area contributed by atoms with Crippen LogP contribution in [0, 0.1) is 0 Å². The van der Waals surface area contributed by atoms with Gasteiger partial charge in [0.25, 0.3) is 0 Å². The van der Waals surface area contributed by atoms with Crippen LogP contribution in [-0.2, 0) is 11.8 Å². The average molecular weight is 417 g/mol. The molecule has 0 radical (unpaired) electrons. The first-order valence-electron chi connectivity index (χ1n) is 10.3. The van der Waals surface area contributed by atoms with Gasteiger partial charge in [-0.1, -0.05) is 48.2 Å². The standard InChI is InChI=1S/C25H24N2O2S/c1-25(2,24(28)29)30-23-21(22-20(27(23)3)9-6-14-26-22)19-13-12-16(15-10-11-15)17-7-4-5-8-18(17)19/h4-9,12-15H,10-11H2,1-3H3,(H,28,29). The lowest BCUT2D eigenvalue weighted by atomic mass is 9.94. The molecular formula is C25H24N2O2S. The number of fused-ring (bicyclic) bond motifs is 2. The Hall–Kier alpha value is -2.79. The van der Waals surface area contributed by atoms with Gasteiger partial charge < -0.3 is 9.67 Å². The Kier molecular flexibility index (Phi) is 4.40. The quantitative estimate of drug-likeness (QED) is 0.392. The third-order valence-corrected chi connectivity index (χ3v) is 7.37. The zero-order valence-corrected chi connectivity index (χ0v) is 18.2. The maximum atomic E-state index is 11.9. The number of hydrogen-bond acceptors (Lipinski definition) is 3. The van der Waals surface area contributed by atoms with Crippen molar-refractivity contribution in [1.29, 1.82) is 0 Å². The van der Waals surface area contributed by atoms with E-state index in [2.05, 4.69) is 41.0 Å². The van der Waals surface area contributed by atoms with E-state index >= 15 is 0 Å². The molecule has 4 aromatic rings. The molecule has 0 amide bonds. The monoisotopic (exact) mass is 416 g/mol. The second-order valence-electron chi connectivity index (χ2n) is 8.55. The van der Waals surface area contributed by atoms with Gasteiger partial charge in [0, 0.05) is 18.8 Å². The van der Waals surface area contributed by atoms with Crippen LogP contribution in [0.5, 0.6) is 0 Å². The maximum absolute atomic E-state index is 11.9. The molecule has 2 heterocycles. The van der Waals surface area contributed by atoms with Gasteiger partial charge in [-0.3, -0.25) is 9.78 Å². The van der Waals surface area contributed by atoms with Crippen LogP contribution in [0.25, 0.3) is 32.9 Å². The molecule has 152 valence electrons. The number of carbonyl (C=O) groups is 1. The SMILES string of the molecule is Cn1c(SC(C)(C)C(=O)O)c(-c2ccc(C3CC3)c3ccccc23)c2ncccc21. The number of aromatic nitrogens is 2. The summed E-state index contributed by atoms with van der Waals surface area (Å²) in [4.78, 5) is 16.6. The summed E-state index contributed by atoms with van der Waals surface area (Å²) in [5, 5.41) is 13.2. The Morgan fingerprint density at radius 3 is 2.53 bits per heavy atom. The number of hydrogen-bond donors (Lipinski definition) is 1. The van der Waals surface area contributed by atoms with E-state index in [1.54, 1.807) is 13.8 Å². The fraction of sp³-hybridized carbons (Fsp3) is 0.280. The number of aliphatic carboxylic acids is 1. The zero-order chi connectivity index (χ0) is 21.0. The molecule has 1 saturated carbocycles. The Balaban J connectivity index is 1.82. The van der Waals surface area contributed by atoms with Crippen LogP contribution in [0.2, 0.25) is 0 Å². The van der Waals surface area contributed by atoms with Gasteiger partial charge in [-0.15, -0.1) is 0 Å². The summed E-state index contributed by atoms with van der Waals surface area (Å²) in [6, 6.07) is 17.0. The lowest BCUT2D eigenvalue weighted by Crippen LogP contribution is -2.27. The van der Waals surface area contributed by atoms with E-state index in [0.717, 1.165) is 27.2 Å². The Bertz CT molecular complexity index is 1300. The van der Waals surface area contributed by atoms with Gasteiger partial charge in [0.05, 0.1) is 16.1 Å². The van der Waals surface area contributed by atoms with Gasteiger partial charge >= 0.3 is 5.97 Å². The molecule has 1 N–H and O–H groups in total.